The van der Waals surface area contributed by atoms with E-state index in [0.29, 0.717) is 20.8 Å². The van der Waals surface area contributed by atoms with Crippen LogP contribution >= 0.6 is 35.0 Å². The van der Waals surface area contributed by atoms with Gasteiger partial charge in [0, 0.05) is 29.5 Å². The lowest BCUT2D eigenvalue weighted by Gasteiger charge is -2.21. The highest BCUT2D eigenvalue weighted by atomic mass is 35.5. The molecular formula is C12H11Cl2N3O2S. The number of hydrazone groups is 1. The highest BCUT2D eigenvalue weighted by Crippen LogP contribution is 2.44. The molecule has 1 aliphatic heterocycles. The van der Waals surface area contributed by atoms with Crippen molar-refractivity contribution in [2.45, 2.75) is 19.2 Å². The van der Waals surface area contributed by atoms with Crippen molar-refractivity contribution < 1.29 is 9.59 Å². The molecule has 106 valence electrons. The molecule has 0 aromatic heterocycles. The van der Waals surface area contributed by atoms with Gasteiger partial charge in [-0.25, -0.2) is 5.01 Å². The molecular weight excluding hydrogens is 321 g/mol. The Morgan fingerprint density at radius 1 is 1.30 bits per heavy atom. The van der Waals surface area contributed by atoms with Crippen LogP contribution in [-0.2, 0) is 9.59 Å². The minimum Gasteiger partial charge on any atom is -0.304 e. The van der Waals surface area contributed by atoms with Gasteiger partial charge in [-0.15, -0.1) is 5.10 Å². The number of nitrogens with one attached hydrogen (secondary N) is 1. The molecule has 0 radical (unpaired) electrons. The second-order valence-electron chi connectivity index (χ2n) is 4.06. The maximum absolute atomic E-state index is 11.7. The summed E-state index contributed by atoms with van der Waals surface area (Å²) in [6.07, 6.45) is 0. The Morgan fingerprint density at radius 2 is 1.90 bits per heavy atom. The minimum atomic E-state index is -0.490. The molecule has 1 atom stereocenters. The molecule has 0 saturated heterocycles. The lowest BCUT2D eigenvalue weighted by atomic mass is 10.2. The van der Waals surface area contributed by atoms with E-state index in [-0.39, 0.29) is 11.8 Å². The number of hydrogen-bond donors (Lipinski definition) is 1. The fourth-order valence-corrected chi connectivity index (χ4v) is 3.65. The standard InChI is InChI=1S/C12H11Cl2N3O2S/c1-6(18)15-12-16-17(7(2)19)11(20-12)10-8(13)4-3-5-9(10)14/h3-5,11H,1-2H3,(H,15,16,18). The van der Waals surface area contributed by atoms with E-state index in [4.69, 9.17) is 23.2 Å². The van der Waals surface area contributed by atoms with Gasteiger partial charge in [0.25, 0.3) is 0 Å². The average molecular weight is 332 g/mol. The second-order valence-corrected chi connectivity index (χ2v) is 5.94. The van der Waals surface area contributed by atoms with Crippen LogP contribution in [0.3, 0.4) is 0 Å². The third-order valence-electron chi connectivity index (χ3n) is 2.50. The first-order chi connectivity index (χ1) is 9.40. The number of carbonyl (C=O) groups excluding carboxylic acids is 2. The number of thioether (sulfide) groups is 1. The van der Waals surface area contributed by atoms with Crippen LogP contribution in [0, 0.1) is 0 Å². The number of hydrogen-bond acceptors (Lipinski definition) is 4. The van der Waals surface area contributed by atoms with E-state index in [1.807, 2.05) is 0 Å². The molecule has 0 spiro atoms. The topological polar surface area (TPSA) is 61.8 Å². The van der Waals surface area contributed by atoms with Crippen LogP contribution < -0.4 is 5.32 Å². The van der Waals surface area contributed by atoms with Crippen molar-refractivity contribution in [3.63, 3.8) is 0 Å². The van der Waals surface area contributed by atoms with E-state index in [9.17, 15) is 9.59 Å². The van der Waals surface area contributed by atoms with Gasteiger partial charge in [0.1, 0.15) is 5.37 Å². The first-order valence-electron chi connectivity index (χ1n) is 5.66. The zero-order valence-corrected chi connectivity index (χ0v) is 13.0. The highest BCUT2D eigenvalue weighted by molar-refractivity contribution is 8.14. The van der Waals surface area contributed by atoms with E-state index in [1.54, 1.807) is 18.2 Å². The molecule has 0 saturated carbocycles. The van der Waals surface area contributed by atoms with E-state index in [1.165, 1.54) is 30.6 Å². The second kappa shape index (κ2) is 6.03. The van der Waals surface area contributed by atoms with Gasteiger partial charge in [-0.2, -0.15) is 0 Å². The normalized spacial score (nSPS) is 17.9. The Morgan fingerprint density at radius 3 is 2.40 bits per heavy atom. The SMILES string of the molecule is CC(=O)NC1=NN(C(C)=O)C(c2c(Cl)cccc2Cl)S1. The lowest BCUT2D eigenvalue weighted by Crippen LogP contribution is -2.25. The van der Waals surface area contributed by atoms with Gasteiger partial charge in [-0.3, -0.25) is 9.59 Å². The number of rotatable bonds is 1. The Balaban J connectivity index is 2.37. The van der Waals surface area contributed by atoms with E-state index < -0.39 is 5.37 Å². The summed E-state index contributed by atoms with van der Waals surface area (Å²) >= 11 is 13.5. The van der Waals surface area contributed by atoms with Crippen molar-refractivity contribution in [2.75, 3.05) is 0 Å². The van der Waals surface area contributed by atoms with Crippen LogP contribution in [0.5, 0.6) is 0 Å². The minimum absolute atomic E-state index is 0.259. The Bertz CT molecular complexity index is 586. The first-order valence-corrected chi connectivity index (χ1v) is 7.30. The molecule has 20 heavy (non-hydrogen) atoms. The van der Waals surface area contributed by atoms with Crippen molar-refractivity contribution in [1.29, 1.82) is 0 Å². The number of halogens is 2. The van der Waals surface area contributed by atoms with E-state index in [2.05, 4.69) is 10.4 Å². The number of amides is 2. The van der Waals surface area contributed by atoms with Gasteiger partial charge >= 0.3 is 0 Å². The molecule has 1 unspecified atom stereocenters. The first kappa shape index (κ1) is 15.2. The number of benzene rings is 1. The number of amidine groups is 1. The third kappa shape index (κ3) is 3.08. The van der Waals surface area contributed by atoms with Crippen LogP contribution in [0.25, 0.3) is 0 Å². The summed E-state index contributed by atoms with van der Waals surface area (Å²) in [7, 11) is 0. The Hall–Kier alpha value is -1.24. The monoisotopic (exact) mass is 331 g/mol. The zero-order valence-electron chi connectivity index (χ0n) is 10.7. The molecule has 1 heterocycles. The molecule has 0 fully saturated rings. The smallest absolute Gasteiger partial charge is 0.241 e. The van der Waals surface area contributed by atoms with Gasteiger partial charge in [0.15, 0.2) is 5.17 Å². The van der Waals surface area contributed by atoms with Crippen molar-refractivity contribution >= 4 is 51.9 Å². The molecule has 1 aliphatic rings. The van der Waals surface area contributed by atoms with Crippen molar-refractivity contribution in [1.82, 2.24) is 10.3 Å². The molecule has 5 nitrogen and oxygen atoms in total. The molecule has 8 heteroatoms. The van der Waals surface area contributed by atoms with E-state index >= 15 is 0 Å². The summed E-state index contributed by atoms with van der Waals surface area (Å²) in [5, 5.41) is 8.64. The fraction of sp³-hybridized carbons (Fsp3) is 0.250. The van der Waals surface area contributed by atoms with Crippen LogP contribution in [0.1, 0.15) is 24.8 Å². The average Bonchev–Trinajstić information content (AvgIpc) is 2.71. The lowest BCUT2D eigenvalue weighted by molar-refractivity contribution is -0.129. The molecule has 2 amide bonds. The summed E-state index contributed by atoms with van der Waals surface area (Å²) < 4.78 is 0. The maximum Gasteiger partial charge on any atom is 0.241 e. The van der Waals surface area contributed by atoms with Crippen molar-refractivity contribution in [2.24, 2.45) is 5.10 Å². The Kier molecular flexibility index (Phi) is 4.57. The van der Waals surface area contributed by atoms with Crippen LogP contribution in [0.2, 0.25) is 10.0 Å². The largest absolute Gasteiger partial charge is 0.304 e. The predicted molar refractivity (Wildman–Crippen MR) is 80.6 cm³/mol. The van der Waals surface area contributed by atoms with Crippen LogP contribution in [0.4, 0.5) is 0 Å². The summed E-state index contributed by atoms with van der Waals surface area (Å²) in [5.41, 5.74) is 0.597. The summed E-state index contributed by atoms with van der Waals surface area (Å²) in [6.45, 7) is 2.76. The van der Waals surface area contributed by atoms with E-state index in [0.717, 1.165) is 0 Å². The highest BCUT2D eigenvalue weighted by Gasteiger charge is 2.34. The summed E-state index contributed by atoms with van der Waals surface area (Å²) in [4.78, 5) is 22.8. The molecule has 1 aromatic rings. The van der Waals surface area contributed by atoms with Gasteiger partial charge < -0.3 is 5.32 Å². The summed E-state index contributed by atoms with van der Waals surface area (Å²) in [6, 6.07) is 5.11. The third-order valence-corrected chi connectivity index (χ3v) is 4.22. The quantitative estimate of drug-likeness (QED) is 0.860. The number of nitrogens with zero attached hydrogens (tertiary/aromatic N) is 2. The summed E-state index contributed by atoms with van der Waals surface area (Å²) in [5.74, 6) is -0.524. The molecule has 1 aromatic carbocycles. The maximum atomic E-state index is 11.7. The van der Waals surface area contributed by atoms with Crippen LogP contribution in [-0.4, -0.2) is 22.0 Å². The van der Waals surface area contributed by atoms with Gasteiger partial charge in [0.05, 0.1) is 0 Å². The van der Waals surface area contributed by atoms with Crippen molar-refractivity contribution in [3.05, 3.63) is 33.8 Å². The molecule has 2 rings (SSSR count). The van der Waals surface area contributed by atoms with Gasteiger partial charge in [-0.1, -0.05) is 41.0 Å². The van der Waals surface area contributed by atoms with Gasteiger partial charge in [0.2, 0.25) is 11.8 Å². The Labute approximate surface area is 130 Å². The molecule has 0 bridgehead atoms. The fourth-order valence-electron chi connectivity index (χ4n) is 1.70. The zero-order chi connectivity index (χ0) is 14.9. The number of carbonyl (C=O) groups is 2. The predicted octanol–water partition coefficient (Wildman–Crippen LogP) is 2.99. The van der Waals surface area contributed by atoms with Crippen LogP contribution in [0.15, 0.2) is 23.3 Å². The molecule has 0 aliphatic carbocycles. The van der Waals surface area contributed by atoms with Gasteiger partial charge in [-0.05, 0) is 12.1 Å². The molecule has 1 N–H and O–H groups in total. The van der Waals surface area contributed by atoms with Crippen molar-refractivity contribution in [3.8, 4) is 0 Å².